The maximum absolute atomic E-state index is 12.7. The summed E-state index contributed by atoms with van der Waals surface area (Å²) in [6.07, 6.45) is 0.566. The molecule has 8 nitrogen and oxygen atoms in total. The van der Waals surface area contributed by atoms with Crippen LogP contribution >= 0.6 is 0 Å². The van der Waals surface area contributed by atoms with Crippen molar-refractivity contribution in [2.45, 2.75) is 39.2 Å². The first-order valence-corrected chi connectivity index (χ1v) is 9.48. The standard InChI is InChI=1S/C22H22N4O3.H2O/c1-4-20(27)26-22(3,11-23)10-15-8-18-19(29-12-28-18)9-16(15)21(25-26)14-5-6-17(24)13(2)7-14;/h5-9H,4,10,12,24H2,1-3H3;1H2. The molecule has 1 atom stereocenters. The van der Waals surface area contributed by atoms with Crippen molar-refractivity contribution in [3.8, 4) is 17.6 Å². The van der Waals surface area contributed by atoms with Crippen LogP contribution in [0.3, 0.4) is 0 Å². The van der Waals surface area contributed by atoms with Crippen molar-refractivity contribution in [3.05, 3.63) is 52.6 Å². The molecule has 2 heterocycles. The van der Waals surface area contributed by atoms with E-state index in [1.165, 1.54) is 5.01 Å². The molecule has 0 aliphatic carbocycles. The van der Waals surface area contributed by atoms with Crippen LogP contribution in [0.2, 0.25) is 0 Å². The van der Waals surface area contributed by atoms with Gasteiger partial charge in [-0.05, 0) is 49.2 Å². The molecule has 0 fully saturated rings. The molecule has 0 radical (unpaired) electrons. The second-order valence-corrected chi connectivity index (χ2v) is 7.50. The lowest BCUT2D eigenvalue weighted by molar-refractivity contribution is -0.134. The van der Waals surface area contributed by atoms with Gasteiger partial charge in [-0.3, -0.25) is 4.79 Å². The van der Waals surface area contributed by atoms with Gasteiger partial charge in [-0.1, -0.05) is 13.0 Å². The summed E-state index contributed by atoms with van der Waals surface area (Å²) in [6.45, 7) is 5.57. The van der Waals surface area contributed by atoms with Crippen LogP contribution in [0.4, 0.5) is 5.69 Å². The molecule has 30 heavy (non-hydrogen) atoms. The Bertz CT molecular complexity index is 1090. The van der Waals surface area contributed by atoms with Crippen LogP contribution in [0.1, 0.15) is 42.5 Å². The third-order valence-corrected chi connectivity index (χ3v) is 5.38. The molecular weight excluding hydrogens is 384 g/mol. The Kier molecular flexibility index (Phi) is 5.42. The third kappa shape index (κ3) is 3.33. The average Bonchev–Trinajstić information content (AvgIpc) is 3.12. The molecule has 0 aromatic heterocycles. The Morgan fingerprint density at radius 2 is 2.00 bits per heavy atom. The summed E-state index contributed by atoms with van der Waals surface area (Å²) >= 11 is 0. The van der Waals surface area contributed by atoms with Crippen molar-refractivity contribution in [1.29, 1.82) is 5.26 Å². The summed E-state index contributed by atoms with van der Waals surface area (Å²) < 4.78 is 11.1. The number of hydrogen-bond donors (Lipinski definition) is 1. The molecule has 1 unspecified atom stereocenters. The van der Waals surface area contributed by atoms with Gasteiger partial charge in [0.1, 0.15) is 0 Å². The molecule has 4 N–H and O–H groups in total. The minimum atomic E-state index is -1.12. The van der Waals surface area contributed by atoms with Crippen molar-refractivity contribution in [1.82, 2.24) is 5.01 Å². The van der Waals surface area contributed by atoms with E-state index < -0.39 is 5.54 Å². The Labute approximate surface area is 174 Å². The van der Waals surface area contributed by atoms with Crippen LogP contribution < -0.4 is 15.2 Å². The number of nitrogen functional groups attached to an aromatic ring is 1. The number of fused-ring (bicyclic) bond motifs is 2. The molecule has 0 spiro atoms. The van der Waals surface area contributed by atoms with Crippen molar-refractivity contribution >= 4 is 17.3 Å². The molecule has 4 rings (SSSR count). The molecule has 2 aromatic carbocycles. The largest absolute Gasteiger partial charge is 0.454 e. The quantitative estimate of drug-likeness (QED) is 0.761. The minimum absolute atomic E-state index is 0. The van der Waals surface area contributed by atoms with Gasteiger partial charge in [0.2, 0.25) is 12.7 Å². The minimum Gasteiger partial charge on any atom is -0.454 e. The Hall–Kier alpha value is -3.57. The van der Waals surface area contributed by atoms with Crippen LogP contribution in [0.25, 0.3) is 0 Å². The number of hydrogen-bond acceptors (Lipinski definition) is 6. The molecule has 1 amide bonds. The Morgan fingerprint density at radius 1 is 1.30 bits per heavy atom. The maximum Gasteiger partial charge on any atom is 0.243 e. The first-order valence-electron chi connectivity index (χ1n) is 9.48. The van der Waals surface area contributed by atoms with Crippen LogP contribution in [0.5, 0.6) is 11.5 Å². The van der Waals surface area contributed by atoms with E-state index in [0.717, 1.165) is 22.3 Å². The summed E-state index contributed by atoms with van der Waals surface area (Å²) in [5, 5.41) is 16.0. The van der Waals surface area contributed by atoms with E-state index in [9.17, 15) is 10.1 Å². The normalized spacial score (nSPS) is 19.1. The smallest absolute Gasteiger partial charge is 0.243 e. The summed E-state index contributed by atoms with van der Waals surface area (Å²) in [5.41, 5.74) is 9.56. The second kappa shape index (κ2) is 7.69. The monoisotopic (exact) mass is 408 g/mol. The second-order valence-electron chi connectivity index (χ2n) is 7.50. The number of ether oxygens (including phenoxy) is 2. The van der Waals surface area contributed by atoms with Gasteiger partial charge in [0.15, 0.2) is 17.0 Å². The maximum atomic E-state index is 12.7. The SMILES string of the molecule is CCC(=O)N1N=C(c2ccc(N)c(C)c2)c2cc3c(cc2CC1(C)C#N)OCO3.O. The van der Waals surface area contributed by atoms with Crippen molar-refractivity contribution in [3.63, 3.8) is 0 Å². The third-order valence-electron chi connectivity index (χ3n) is 5.38. The molecule has 0 saturated carbocycles. The van der Waals surface area contributed by atoms with E-state index in [0.29, 0.717) is 29.3 Å². The summed E-state index contributed by atoms with van der Waals surface area (Å²) in [6, 6.07) is 11.7. The number of benzene rings is 2. The van der Waals surface area contributed by atoms with Gasteiger partial charge < -0.3 is 20.7 Å². The van der Waals surface area contributed by atoms with Gasteiger partial charge in [0.25, 0.3) is 0 Å². The van der Waals surface area contributed by atoms with Crippen molar-refractivity contribution in [2.24, 2.45) is 5.10 Å². The highest BCUT2D eigenvalue weighted by atomic mass is 16.7. The molecule has 8 heteroatoms. The molecule has 2 aromatic rings. The summed E-state index contributed by atoms with van der Waals surface area (Å²) in [5.74, 6) is 1.04. The Morgan fingerprint density at radius 3 is 2.63 bits per heavy atom. The number of aryl methyl sites for hydroxylation is 1. The molecule has 2 aliphatic rings. The van der Waals surface area contributed by atoms with Crippen LogP contribution in [-0.2, 0) is 11.2 Å². The van der Waals surface area contributed by atoms with Crippen LogP contribution in [0.15, 0.2) is 35.4 Å². The van der Waals surface area contributed by atoms with E-state index >= 15 is 0 Å². The average molecular weight is 408 g/mol. The van der Waals surface area contributed by atoms with Crippen molar-refractivity contribution in [2.75, 3.05) is 12.5 Å². The van der Waals surface area contributed by atoms with Gasteiger partial charge in [-0.2, -0.15) is 10.4 Å². The van der Waals surface area contributed by atoms with Gasteiger partial charge >= 0.3 is 0 Å². The number of carbonyl (C=O) groups is 1. The van der Waals surface area contributed by atoms with E-state index in [1.54, 1.807) is 13.8 Å². The van der Waals surface area contributed by atoms with Gasteiger partial charge in [-0.25, -0.2) is 5.01 Å². The fourth-order valence-corrected chi connectivity index (χ4v) is 3.66. The number of carbonyl (C=O) groups excluding carboxylic acids is 1. The number of rotatable bonds is 2. The zero-order chi connectivity index (χ0) is 20.8. The first-order chi connectivity index (χ1) is 13.9. The molecular formula is C22H24N4O4. The lowest BCUT2D eigenvalue weighted by Gasteiger charge is -2.30. The van der Waals surface area contributed by atoms with Crippen LogP contribution in [-0.4, -0.2) is 34.4 Å². The van der Waals surface area contributed by atoms with E-state index in [-0.39, 0.29) is 24.6 Å². The number of nitrogens with zero attached hydrogens (tertiary/aromatic N) is 3. The van der Waals surface area contributed by atoms with Gasteiger partial charge in [0.05, 0.1) is 11.8 Å². The van der Waals surface area contributed by atoms with E-state index in [2.05, 4.69) is 6.07 Å². The Balaban J connectivity index is 0.00000256. The zero-order valence-corrected chi connectivity index (χ0v) is 17.2. The fraction of sp³-hybridized carbons (Fsp3) is 0.318. The van der Waals surface area contributed by atoms with E-state index in [4.69, 9.17) is 20.3 Å². The van der Waals surface area contributed by atoms with Crippen LogP contribution in [0, 0.1) is 18.3 Å². The number of nitrogens with two attached hydrogens (primary N) is 1. The van der Waals surface area contributed by atoms with Crippen molar-refractivity contribution < 1.29 is 19.7 Å². The molecule has 0 bridgehead atoms. The van der Waals surface area contributed by atoms with Gasteiger partial charge in [0, 0.05) is 29.7 Å². The highest BCUT2D eigenvalue weighted by Crippen LogP contribution is 2.39. The number of amides is 1. The fourth-order valence-electron chi connectivity index (χ4n) is 3.66. The van der Waals surface area contributed by atoms with Gasteiger partial charge in [-0.15, -0.1) is 0 Å². The predicted octanol–water partition coefficient (Wildman–Crippen LogP) is 2.31. The number of nitriles is 1. The molecule has 156 valence electrons. The number of anilines is 1. The first kappa shape index (κ1) is 21.1. The zero-order valence-electron chi connectivity index (χ0n) is 17.2. The topological polar surface area (TPSA) is 132 Å². The molecule has 2 aliphatic heterocycles. The number of hydrazone groups is 1. The van der Waals surface area contributed by atoms with E-state index in [1.807, 2.05) is 37.3 Å². The summed E-state index contributed by atoms with van der Waals surface area (Å²) in [4.78, 5) is 12.7. The lowest BCUT2D eigenvalue weighted by atomic mass is 9.88. The lowest BCUT2D eigenvalue weighted by Crippen LogP contribution is -2.46. The highest BCUT2D eigenvalue weighted by Gasteiger charge is 2.40. The summed E-state index contributed by atoms with van der Waals surface area (Å²) in [7, 11) is 0. The molecule has 0 saturated heterocycles. The predicted molar refractivity (Wildman–Crippen MR) is 112 cm³/mol. The highest BCUT2D eigenvalue weighted by molar-refractivity contribution is 6.15.